The summed E-state index contributed by atoms with van der Waals surface area (Å²) in [6.07, 6.45) is 1.85. The van der Waals surface area contributed by atoms with E-state index in [1.807, 2.05) is 0 Å². The van der Waals surface area contributed by atoms with Crippen LogP contribution in [-0.4, -0.2) is 26.4 Å². The predicted molar refractivity (Wildman–Crippen MR) is 75.1 cm³/mol. The molecule has 0 aliphatic rings. The fourth-order valence-electron chi connectivity index (χ4n) is 1.73. The van der Waals surface area contributed by atoms with E-state index in [1.165, 1.54) is 17.8 Å². The van der Waals surface area contributed by atoms with Crippen LogP contribution in [-0.2, 0) is 6.42 Å². The van der Waals surface area contributed by atoms with Gasteiger partial charge >= 0.3 is 0 Å². The fraction of sp³-hybridized carbons (Fsp3) is 0.250. The van der Waals surface area contributed by atoms with Gasteiger partial charge in [-0.15, -0.1) is 10.2 Å². The zero-order chi connectivity index (χ0) is 14.7. The predicted octanol–water partition coefficient (Wildman–Crippen LogP) is 1.69. The number of nitrogens with one attached hydrogen (secondary N) is 1. The summed E-state index contributed by atoms with van der Waals surface area (Å²) in [5, 5.41) is 19.1. The van der Waals surface area contributed by atoms with E-state index < -0.39 is 4.92 Å². The maximum Gasteiger partial charge on any atom is 0.273 e. The van der Waals surface area contributed by atoms with Crippen LogP contribution in [0.1, 0.15) is 16.8 Å². The molecule has 0 spiro atoms. The van der Waals surface area contributed by atoms with Crippen molar-refractivity contribution < 1.29 is 4.92 Å². The number of hydrogen-bond acceptors (Lipinski definition) is 6. The Hall–Kier alpha value is -2.22. The molecular weight excluding hydrogens is 280 g/mol. The van der Waals surface area contributed by atoms with Crippen molar-refractivity contribution >= 4 is 17.4 Å². The van der Waals surface area contributed by atoms with E-state index >= 15 is 0 Å². The van der Waals surface area contributed by atoms with Crippen LogP contribution in [0.15, 0.2) is 28.2 Å². The Kier molecular flexibility index (Phi) is 4.14. The van der Waals surface area contributed by atoms with Crippen molar-refractivity contribution in [1.29, 1.82) is 0 Å². The smallest absolute Gasteiger partial charge is 0.273 e. The van der Waals surface area contributed by atoms with Gasteiger partial charge in [-0.1, -0.05) is 23.9 Å². The Morgan fingerprint density at radius 1 is 1.40 bits per heavy atom. The molecule has 0 unspecified atom stereocenters. The first kappa shape index (κ1) is 14.2. The Morgan fingerprint density at radius 3 is 2.75 bits per heavy atom. The van der Waals surface area contributed by atoms with Gasteiger partial charge in [-0.2, -0.15) is 0 Å². The number of H-pyrrole nitrogens is 1. The van der Waals surface area contributed by atoms with Crippen molar-refractivity contribution in [3.05, 3.63) is 55.5 Å². The summed E-state index contributed by atoms with van der Waals surface area (Å²) in [6.45, 7) is 1.77. The maximum absolute atomic E-state index is 11.8. The molecule has 0 amide bonds. The van der Waals surface area contributed by atoms with Crippen molar-refractivity contribution in [2.24, 2.45) is 0 Å². The van der Waals surface area contributed by atoms with Gasteiger partial charge in [0.15, 0.2) is 5.16 Å². The van der Waals surface area contributed by atoms with Crippen LogP contribution >= 0.6 is 11.8 Å². The summed E-state index contributed by atoms with van der Waals surface area (Å²) >= 11 is 1.27. The number of aromatic nitrogens is 3. The second-order valence-corrected chi connectivity index (χ2v) is 4.97. The minimum atomic E-state index is -0.458. The third kappa shape index (κ3) is 3.02. The molecule has 20 heavy (non-hydrogen) atoms. The van der Waals surface area contributed by atoms with Gasteiger partial charge in [-0.25, -0.2) is 0 Å². The summed E-state index contributed by atoms with van der Waals surface area (Å²) in [5.74, 6) is 0. The molecular formula is C12H12N4O3S. The molecule has 0 saturated heterocycles. The van der Waals surface area contributed by atoms with Crippen molar-refractivity contribution in [2.45, 2.75) is 18.5 Å². The van der Waals surface area contributed by atoms with Crippen LogP contribution in [0, 0.1) is 17.0 Å². The number of thioether (sulfide) groups is 1. The second-order valence-electron chi connectivity index (χ2n) is 4.18. The molecule has 0 fully saturated rings. The highest BCUT2D eigenvalue weighted by atomic mass is 32.2. The molecule has 0 radical (unpaired) electrons. The molecule has 1 N–H and O–H groups in total. The highest BCUT2D eigenvalue weighted by Gasteiger charge is 2.16. The number of nitrogens with zero attached hydrogens (tertiary/aromatic N) is 3. The van der Waals surface area contributed by atoms with Crippen LogP contribution in [0.3, 0.4) is 0 Å². The Morgan fingerprint density at radius 2 is 2.15 bits per heavy atom. The lowest BCUT2D eigenvalue weighted by molar-refractivity contribution is -0.385. The average Bonchev–Trinajstić information content (AvgIpc) is 2.42. The third-order valence-corrected chi connectivity index (χ3v) is 3.30. The molecule has 0 atom stereocenters. The van der Waals surface area contributed by atoms with Gasteiger partial charge in [0.25, 0.3) is 11.2 Å². The molecule has 2 aromatic rings. The number of nitro benzene ring substituents is 1. The lowest BCUT2D eigenvalue weighted by Crippen LogP contribution is -2.18. The zero-order valence-corrected chi connectivity index (χ0v) is 11.7. The Labute approximate surface area is 118 Å². The standard InChI is InChI=1S/C12H12N4O3S/c1-7-3-4-8(10(5-7)16(18)19)6-9-11(17)13-12(20-2)15-14-9/h3-5H,6H2,1-2H3,(H,13,15,17). The van der Waals surface area contributed by atoms with Gasteiger partial charge in [0.1, 0.15) is 5.69 Å². The van der Waals surface area contributed by atoms with Gasteiger partial charge < -0.3 is 0 Å². The van der Waals surface area contributed by atoms with Crippen molar-refractivity contribution in [3.63, 3.8) is 0 Å². The molecule has 104 valence electrons. The highest BCUT2D eigenvalue weighted by molar-refractivity contribution is 7.98. The van der Waals surface area contributed by atoms with E-state index in [1.54, 1.807) is 25.3 Å². The summed E-state index contributed by atoms with van der Waals surface area (Å²) in [7, 11) is 0. The van der Waals surface area contributed by atoms with Crippen LogP contribution in [0.2, 0.25) is 0 Å². The molecule has 1 aromatic heterocycles. The van der Waals surface area contributed by atoms with Gasteiger partial charge in [-0.05, 0) is 18.7 Å². The molecule has 0 bridgehead atoms. The first-order valence-corrected chi connectivity index (χ1v) is 6.97. The lowest BCUT2D eigenvalue weighted by atomic mass is 10.1. The number of aromatic amines is 1. The lowest BCUT2D eigenvalue weighted by Gasteiger charge is -2.03. The van der Waals surface area contributed by atoms with E-state index in [-0.39, 0.29) is 23.4 Å². The van der Waals surface area contributed by atoms with Crippen molar-refractivity contribution in [1.82, 2.24) is 15.2 Å². The van der Waals surface area contributed by atoms with E-state index in [0.717, 1.165) is 5.56 Å². The topological polar surface area (TPSA) is 102 Å². The first-order chi connectivity index (χ1) is 9.51. The van der Waals surface area contributed by atoms with Crippen molar-refractivity contribution in [3.8, 4) is 0 Å². The van der Waals surface area contributed by atoms with E-state index in [9.17, 15) is 14.9 Å². The van der Waals surface area contributed by atoms with Crippen LogP contribution in [0.25, 0.3) is 0 Å². The molecule has 8 heteroatoms. The van der Waals surface area contributed by atoms with Crippen molar-refractivity contribution in [2.75, 3.05) is 6.26 Å². The minimum absolute atomic E-state index is 0.0138. The van der Waals surface area contributed by atoms with Crippen LogP contribution < -0.4 is 5.56 Å². The maximum atomic E-state index is 11.8. The van der Waals surface area contributed by atoms with Gasteiger partial charge in [-0.3, -0.25) is 19.9 Å². The van der Waals surface area contributed by atoms with Gasteiger partial charge in [0.2, 0.25) is 0 Å². The molecule has 0 aliphatic heterocycles. The zero-order valence-electron chi connectivity index (χ0n) is 10.9. The van der Waals surface area contributed by atoms with Crippen LogP contribution in [0.4, 0.5) is 5.69 Å². The van der Waals surface area contributed by atoms with E-state index in [2.05, 4.69) is 15.2 Å². The monoisotopic (exact) mass is 292 g/mol. The summed E-state index contributed by atoms with van der Waals surface area (Å²) < 4.78 is 0. The number of aryl methyl sites for hydroxylation is 1. The highest BCUT2D eigenvalue weighted by Crippen LogP contribution is 2.21. The summed E-state index contributed by atoms with van der Waals surface area (Å²) in [6, 6.07) is 4.88. The van der Waals surface area contributed by atoms with E-state index in [4.69, 9.17) is 0 Å². The molecule has 2 rings (SSSR count). The summed E-state index contributed by atoms with van der Waals surface area (Å²) in [4.78, 5) is 25.0. The largest absolute Gasteiger partial charge is 0.298 e. The Balaban J connectivity index is 2.40. The molecule has 7 nitrogen and oxygen atoms in total. The third-order valence-electron chi connectivity index (χ3n) is 2.73. The van der Waals surface area contributed by atoms with Gasteiger partial charge in [0.05, 0.1) is 4.92 Å². The number of hydrogen-bond donors (Lipinski definition) is 1. The number of nitro groups is 1. The quantitative estimate of drug-likeness (QED) is 0.522. The number of benzene rings is 1. The fourth-order valence-corrected chi connectivity index (χ4v) is 2.04. The van der Waals surface area contributed by atoms with E-state index in [0.29, 0.717) is 10.7 Å². The minimum Gasteiger partial charge on any atom is -0.298 e. The Bertz CT molecular complexity index is 714. The van der Waals surface area contributed by atoms with Crippen LogP contribution in [0.5, 0.6) is 0 Å². The molecule has 1 aromatic carbocycles. The SMILES string of the molecule is CSc1nnc(Cc2ccc(C)cc2[N+](=O)[O-])c(=O)[nH]1. The first-order valence-electron chi connectivity index (χ1n) is 5.75. The summed E-state index contributed by atoms with van der Waals surface area (Å²) in [5.41, 5.74) is 1.00. The number of rotatable bonds is 4. The normalized spacial score (nSPS) is 10.5. The average molecular weight is 292 g/mol. The molecule has 0 aliphatic carbocycles. The van der Waals surface area contributed by atoms with Gasteiger partial charge in [0, 0.05) is 18.1 Å². The second kappa shape index (κ2) is 5.83. The molecule has 1 heterocycles. The molecule has 0 saturated carbocycles.